The normalized spacial score (nSPS) is 17.4. The first kappa shape index (κ1) is 15.4. The predicted molar refractivity (Wildman–Crippen MR) is 79.7 cm³/mol. The summed E-state index contributed by atoms with van der Waals surface area (Å²) >= 11 is 0. The highest BCUT2D eigenvalue weighted by molar-refractivity contribution is 6.01. The molecule has 6 nitrogen and oxygen atoms in total. The number of likely N-dealkylation sites (tertiary alicyclic amines) is 1. The predicted octanol–water partition coefficient (Wildman–Crippen LogP) is 1.27. The molecular formula is C15H22N2O4. The number of amides is 1. The summed E-state index contributed by atoms with van der Waals surface area (Å²) in [4.78, 5) is 14.3. The number of hydrogen-bond donors (Lipinski definition) is 2. The van der Waals surface area contributed by atoms with E-state index in [-0.39, 0.29) is 5.91 Å². The van der Waals surface area contributed by atoms with E-state index in [4.69, 9.17) is 15.2 Å². The maximum Gasteiger partial charge on any atom is 0.256 e. The molecule has 0 bridgehead atoms. The van der Waals surface area contributed by atoms with Gasteiger partial charge in [0.25, 0.3) is 5.91 Å². The molecule has 1 aromatic rings. The van der Waals surface area contributed by atoms with Crippen molar-refractivity contribution in [1.82, 2.24) is 4.90 Å². The fraction of sp³-hybridized carbons (Fsp3) is 0.533. The fourth-order valence-corrected chi connectivity index (χ4v) is 2.43. The second kappa shape index (κ2) is 5.81. The maximum absolute atomic E-state index is 12.6. The van der Waals surface area contributed by atoms with E-state index in [0.29, 0.717) is 48.7 Å². The third kappa shape index (κ3) is 3.21. The topological polar surface area (TPSA) is 85.0 Å². The van der Waals surface area contributed by atoms with Crippen LogP contribution >= 0.6 is 0 Å². The average molecular weight is 294 g/mol. The smallest absolute Gasteiger partial charge is 0.256 e. The third-order valence-corrected chi connectivity index (χ3v) is 3.93. The molecule has 1 heterocycles. The van der Waals surface area contributed by atoms with E-state index >= 15 is 0 Å². The first-order valence-electron chi connectivity index (χ1n) is 6.91. The molecule has 3 N–H and O–H groups in total. The Morgan fingerprint density at radius 1 is 1.29 bits per heavy atom. The van der Waals surface area contributed by atoms with Gasteiger partial charge in [-0.05, 0) is 25.8 Å². The lowest BCUT2D eigenvalue weighted by Gasteiger charge is -2.36. The zero-order chi connectivity index (χ0) is 15.6. The molecule has 0 spiro atoms. The van der Waals surface area contributed by atoms with Gasteiger partial charge in [-0.3, -0.25) is 4.79 Å². The van der Waals surface area contributed by atoms with Crippen LogP contribution in [0.2, 0.25) is 0 Å². The van der Waals surface area contributed by atoms with Crippen LogP contribution < -0.4 is 15.2 Å². The molecule has 1 amide bonds. The molecule has 1 aliphatic heterocycles. The number of aliphatic hydroxyl groups is 1. The lowest BCUT2D eigenvalue weighted by atomic mass is 9.93. The molecule has 0 unspecified atom stereocenters. The van der Waals surface area contributed by atoms with Gasteiger partial charge in [-0.25, -0.2) is 0 Å². The number of piperidine rings is 1. The van der Waals surface area contributed by atoms with Gasteiger partial charge >= 0.3 is 0 Å². The van der Waals surface area contributed by atoms with Crippen LogP contribution in [0.5, 0.6) is 11.5 Å². The molecule has 2 rings (SSSR count). The number of nitrogens with zero attached hydrogens (tertiary/aromatic N) is 1. The summed E-state index contributed by atoms with van der Waals surface area (Å²) in [6.07, 6.45) is 1.11. The van der Waals surface area contributed by atoms with Gasteiger partial charge in [0.1, 0.15) is 11.5 Å². The van der Waals surface area contributed by atoms with Crippen molar-refractivity contribution in [2.24, 2.45) is 0 Å². The van der Waals surface area contributed by atoms with Gasteiger partial charge in [-0.15, -0.1) is 0 Å². The van der Waals surface area contributed by atoms with Crippen LogP contribution in [-0.2, 0) is 0 Å². The van der Waals surface area contributed by atoms with E-state index in [0.717, 1.165) is 0 Å². The highest BCUT2D eigenvalue weighted by atomic mass is 16.5. The van der Waals surface area contributed by atoms with E-state index in [9.17, 15) is 9.90 Å². The number of anilines is 1. The second-order valence-electron chi connectivity index (χ2n) is 5.58. The van der Waals surface area contributed by atoms with E-state index in [1.807, 2.05) is 0 Å². The summed E-state index contributed by atoms with van der Waals surface area (Å²) in [5, 5.41) is 9.96. The van der Waals surface area contributed by atoms with Gasteiger partial charge in [0.2, 0.25) is 0 Å². The molecule has 0 saturated carbocycles. The molecule has 116 valence electrons. The van der Waals surface area contributed by atoms with Crippen molar-refractivity contribution >= 4 is 11.6 Å². The van der Waals surface area contributed by atoms with Crippen LogP contribution in [-0.4, -0.2) is 48.8 Å². The van der Waals surface area contributed by atoms with Gasteiger partial charge in [-0.2, -0.15) is 0 Å². The van der Waals surface area contributed by atoms with Crippen molar-refractivity contribution in [3.05, 3.63) is 17.7 Å². The fourth-order valence-electron chi connectivity index (χ4n) is 2.43. The number of benzene rings is 1. The van der Waals surface area contributed by atoms with Crippen LogP contribution in [0.1, 0.15) is 30.1 Å². The molecule has 0 radical (unpaired) electrons. The number of methoxy groups -OCH3 is 2. The highest BCUT2D eigenvalue weighted by Crippen LogP contribution is 2.32. The Balaban J connectivity index is 2.27. The summed E-state index contributed by atoms with van der Waals surface area (Å²) < 4.78 is 10.4. The van der Waals surface area contributed by atoms with Crippen LogP contribution in [0.3, 0.4) is 0 Å². The number of hydrogen-bond acceptors (Lipinski definition) is 5. The van der Waals surface area contributed by atoms with Crippen LogP contribution in [0, 0.1) is 0 Å². The zero-order valence-corrected chi connectivity index (χ0v) is 12.7. The van der Waals surface area contributed by atoms with E-state index in [1.54, 1.807) is 24.0 Å². The molecule has 1 saturated heterocycles. The second-order valence-corrected chi connectivity index (χ2v) is 5.58. The Morgan fingerprint density at radius 2 is 1.90 bits per heavy atom. The monoisotopic (exact) mass is 294 g/mol. The Labute approximate surface area is 124 Å². The van der Waals surface area contributed by atoms with Gasteiger partial charge in [-0.1, -0.05) is 0 Å². The Kier molecular flexibility index (Phi) is 4.27. The van der Waals surface area contributed by atoms with Crippen molar-refractivity contribution in [2.45, 2.75) is 25.4 Å². The Bertz CT molecular complexity index is 533. The molecule has 0 atom stereocenters. The minimum Gasteiger partial charge on any atom is -0.497 e. The molecule has 6 heteroatoms. The van der Waals surface area contributed by atoms with Gasteiger partial charge in [0.05, 0.1) is 31.1 Å². The number of carbonyl (C=O) groups is 1. The maximum atomic E-state index is 12.6. The molecule has 0 aliphatic carbocycles. The molecule has 0 aromatic heterocycles. The van der Waals surface area contributed by atoms with E-state index < -0.39 is 5.60 Å². The van der Waals surface area contributed by atoms with Crippen LogP contribution in [0.15, 0.2) is 12.1 Å². The average Bonchev–Trinajstić information content (AvgIpc) is 2.47. The van der Waals surface area contributed by atoms with Crippen LogP contribution in [0.4, 0.5) is 5.69 Å². The summed E-state index contributed by atoms with van der Waals surface area (Å²) in [7, 11) is 3.02. The largest absolute Gasteiger partial charge is 0.497 e. The number of nitrogen functional groups attached to an aromatic ring is 1. The molecule has 1 aliphatic rings. The minimum absolute atomic E-state index is 0.166. The van der Waals surface area contributed by atoms with Crippen LogP contribution in [0.25, 0.3) is 0 Å². The summed E-state index contributed by atoms with van der Waals surface area (Å²) in [6, 6.07) is 3.26. The molecule has 1 aromatic carbocycles. The van der Waals surface area contributed by atoms with Gasteiger partial charge < -0.3 is 25.2 Å². The van der Waals surface area contributed by atoms with Gasteiger partial charge in [0.15, 0.2) is 0 Å². The number of carbonyl (C=O) groups excluding carboxylic acids is 1. The quantitative estimate of drug-likeness (QED) is 0.820. The number of ether oxygens (including phenoxy) is 2. The lowest BCUT2D eigenvalue weighted by molar-refractivity contribution is -0.00200. The Hall–Kier alpha value is -1.95. The SMILES string of the molecule is COc1cc(OC)c(N)c(C(=O)N2CCC(C)(O)CC2)c1. The molecule has 1 fully saturated rings. The molecule has 21 heavy (non-hydrogen) atoms. The minimum atomic E-state index is -0.700. The third-order valence-electron chi connectivity index (χ3n) is 3.93. The Morgan fingerprint density at radius 3 is 2.43 bits per heavy atom. The number of nitrogens with two attached hydrogens (primary N) is 1. The lowest BCUT2D eigenvalue weighted by Crippen LogP contribution is -2.45. The zero-order valence-electron chi connectivity index (χ0n) is 12.7. The van der Waals surface area contributed by atoms with E-state index in [2.05, 4.69) is 0 Å². The van der Waals surface area contributed by atoms with Crippen molar-refractivity contribution in [3.8, 4) is 11.5 Å². The summed E-state index contributed by atoms with van der Waals surface area (Å²) in [5.41, 5.74) is 5.98. The summed E-state index contributed by atoms with van der Waals surface area (Å²) in [5.74, 6) is 0.773. The van der Waals surface area contributed by atoms with Crippen molar-refractivity contribution in [3.63, 3.8) is 0 Å². The number of rotatable bonds is 3. The van der Waals surface area contributed by atoms with Crippen molar-refractivity contribution in [1.29, 1.82) is 0 Å². The van der Waals surface area contributed by atoms with Gasteiger partial charge in [0, 0.05) is 19.2 Å². The van der Waals surface area contributed by atoms with Crippen molar-refractivity contribution in [2.75, 3.05) is 33.0 Å². The molecular weight excluding hydrogens is 272 g/mol. The summed E-state index contributed by atoms with van der Waals surface area (Å²) in [6.45, 7) is 2.80. The first-order valence-corrected chi connectivity index (χ1v) is 6.91. The first-order chi connectivity index (χ1) is 9.88. The highest BCUT2D eigenvalue weighted by Gasteiger charge is 2.31. The van der Waals surface area contributed by atoms with E-state index in [1.165, 1.54) is 14.2 Å². The van der Waals surface area contributed by atoms with Crippen molar-refractivity contribution < 1.29 is 19.4 Å². The standard InChI is InChI=1S/C15H22N2O4/c1-15(19)4-6-17(7-5-15)14(18)11-8-10(20-2)9-12(21-3)13(11)16/h8-9,19H,4-7,16H2,1-3H3.